The van der Waals surface area contributed by atoms with Gasteiger partial charge in [-0.2, -0.15) is 0 Å². The zero-order valence-corrected chi connectivity index (χ0v) is 8.55. The molecule has 0 aromatic carbocycles. The minimum absolute atomic E-state index is 0.0616. The van der Waals surface area contributed by atoms with Crippen LogP contribution in [0.3, 0.4) is 0 Å². The van der Waals surface area contributed by atoms with Crippen molar-refractivity contribution in [2.45, 2.75) is 31.5 Å². The Morgan fingerprint density at radius 2 is 1.47 bits per heavy atom. The fraction of sp³-hybridized carbons (Fsp3) is 0.857. The van der Waals surface area contributed by atoms with Gasteiger partial charge in [0.2, 0.25) is 0 Å². The maximum absolute atomic E-state index is 10.8. The molecule has 1 N–H and O–H groups in total. The molecule has 3 atom stereocenters. The molecule has 0 saturated heterocycles. The normalized spacial score (nSPS) is 28.1. The van der Waals surface area contributed by atoms with Crippen LogP contribution in [0.4, 0.5) is 0 Å². The Balaban J connectivity index is 2.65. The number of rotatable bonds is 5. The number of carboxylic acids is 1. The number of nitrogens with zero attached hydrogens (tertiary/aromatic N) is 2. The summed E-state index contributed by atoms with van der Waals surface area (Å²) in [4.78, 5) is 39.5. The second-order valence-electron chi connectivity index (χ2n) is 3.64. The summed E-state index contributed by atoms with van der Waals surface area (Å²) in [7, 11) is 0. The van der Waals surface area contributed by atoms with Crippen molar-refractivity contribution in [2.75, 3.05) is 0 Å². The Kier molecular flexibility index (Phi) is 4.01. The van der Waals surface area contributed by atoms with Crippen molar-refractivity contribution in [1.82, 2.24) is 0 Å². The molecule has 96 valence electrons. The summed E-state index contributed by atoms with van der Waals surface area (Å²) in [6, 6.07) is 0. The van der Waals surface area contributed by atoms with Gasteiger partial charge in [-0.15, -0.1) is 20.2 Å². The Labute approximate surface area is 94.3 Å². The van der Waals surface area contributed by atoms with Crippen molar-refractivity contribution in [3.05, 3.63) is 20.2 Å². The summed E-state index contributed by atoms with van der Waals surface area (Å²) in [6.07, 6.45) is -2.19. The van der Waals surface area contributed by atoms with E-state index in [4.69, 9.17) is 5.11 Å². The van der Waals surface area contributed by atoms with Crippen LogP contribution in [0, 0.1) is 26.1 Å². The molecule has 1 fully saturated rings. The standard InChI is InChI=1S/C7H10N2O8/c10-7(11)4-1-5(16-8(12)13)3-6(2-4)17-9(14)15/h4-6H,1-3H2,(H,10,11)/t4?,5-,6+. The van der Waals surface area contributed by atoms with Gasteiger partial charge in [0, 0.05) is 6.42 Å². The van der Waals surface area contributed by atoms with E-state index in [-0.39, 0.29) is 19.3 Å². The molecule has 0 aromatic heterocycles. The van der Waals surface area contributed by atoms with Crippen LogP contribution in [0.5, 0.6) is 0 Å². The highest BCUT2D eigenvalue weighted by molar-refractivity contribution is 5.70. The van der Waals surface area contributed by atoms with E-state index in [9.17, 15) is 25.0 Å². The van der Waals surface area contributed by atoms with Crippen LogP contribution >= 0.6 is 0 Å². The van der Waals surface area contributed by atoms with E-state index in [1.54, 1.807) is 0 Å². The lowest BCUT2D eigenvalue weighted by Gasteiger charge is -2.29. The zero-order chi connectivity index (χ0) is 13.0. The minimum Gasteiger partial charge on any atom is -0.481 e. The third kappa shape index (κ3) is 4.09. The van der Waals surface area contributed by atoms with E-state index in [0.717, 1.165) is 0 Å². The average Bonchev–Trinajstić information content (AvgIpc) is 2.14. The summed E-state index contributed by atoms with van der Waals surface area (Å²) in [5, 5.41) is 27.0. The van der Waals surface area contributed by atoms with Gasteiger partial charge in [0.1, 0.15) is 12.2 Å². The molecular formula is C7H10N2O8. The third-order valence-electron chi connectivity index (χ3n) is 2.44. The molecule has 1 unspecified atom stereocenters. The summed E-state index contributed by atoms with van der Waals surface area (Å²) < 4.78 is 0. The van der Waals surface area contributed by atoms with Gasteiger partial charge in [-0.05, 0) is 12.8 Å². The molecular weight excluding hydrogens is 240 g/mol. The highest BCUT2D eigenvalue weighted by Gasteiger charge is 2.36. The topological polar surface area (TPSA) is 142 Å². The summed E-state index contributed by atoms with van der Waals surface area (Å²) in [6.45, 7) is 0. The summed E-state index contributed by atoms with van der Waals surface area (Å²) >= 11 is 0. The number of aliphatic carboxylic acids is 1. The average molecular weight is 250 g/mol. The quantitative estimate of drug-likeness (QED) is 0.531. The number of hydrogen-bond donors (Lipinski definition) is 1. The fourth-order valence-corrected chi connectivity index (χ4v) is 1.83. The number of hydrogen-bond acceptors (Lipinski definition) is 7. The van der Waals surface area contributed by atoms with Crippen LogP contribution in [-0.4, -0.2) is 33.5 Å². The molecule has 17 heavy (non-hydrogen) atoms. The fourth-order valence-electron chi connectivity index (χ4n) is 1.83. The Hall–Kier alpha value is -2.13. The molecule has 0 aromatic rings. The van der Waals surface area contributed by atoms with E-state index in [1.165, 1.54) is 0 Å². The third-order valence-corrected chi connectivity index (χ3v) is 2.44. The Bertz CT molecular complexity index is 308. The van der Waals surface area contributed by atoms with Crippen LogP contribution < -0.4 is 0 Å². The molecule has 0 radical (unpaired) electrons. The molecule has 1 aliphatic rings. The minimum atomic E-state index is -1.18. The second kappa shape index (κ2) is 5.27. The van der Waals surface area contributed by atoms with Crippen molar-refractivity contribution in [3.63, 3.8) is 0 Å². The van der Waals surface area contributed by atoms with Crippen molar-refractivity contribution in [1.29, 1.82) is 0 Å². The van der Waals surface area contributed by atoms with Crippen LogP contribution in [-0.2, 0) is 14.5 Å². The van der Waals surface area contributed by atoms with Crippen molar-refractivity contribution in [2.24, 2.45) is 5.92 Å². The van der Waals surface area contributed by atoms with E-state index in [0.29, 0.717) is 0 Å². The lowest BCUT2D eigenvalue weighted by molar-refractivity contribution is -0.781. The van der Waals surface area contributed by atoms with Gasteiger partial charge in [0.05, 0.1) is 5.92 Å². The van der Waals surface area contributed by atoms with E-state index in [1.807, 2.05) is 0 Å². The van der Waals surface area contributed by atoms with Gasteiger partial charge >= 0.3 is 5.97 Å². The first-order valence-electron chi connectivity index (χ1n) is 4.73. The molecule has 0 spiro atoms. The molecule has 0 heterocycles. The van der Waals surface area contributed by atoms with Gasteiger partial charge in [-0.25, -0.2) is 0 Å². The van der Waals surface area contributed by atoms with Crippen molar-refractivity contribution >= 4 is 5.97 Å². The second-order valence-corrected chi connectivity index (χ2v) is 3.64. The van der Waals surface area contributed by atoms with E-state index < -0.39 is 34.3 Å². The SMILES string of the molecule is O=C(O)C1C[C@@H](O[N+](=O)[O-])C[C@@H](O[N+](=O)[O-])C1. The van der Waals surface area contributed by atoms with Crippen molar-refractivity contribution in [3.8, 4) is 0 Å². The highest BCUT2D eigenvalue weighted by Crippen LogP contribution is 2.29. The van der Waals surface area contributed by atoms with E-state index in [2.05, 4.69) is 9.68 Å². The van der Waals surface area contributed by atoms with Gasteiger partial charge in [0.15, 0.2) is 0 Å². The first-order chi connectivity index (χ1) is 7.88. The van der Waals surface area contributed by atoms with Crippen LogP contribution in [0.1, 0.15) is 19.3 Å². The van der Waals surface area contributed by atoms with Crippen LogP contribution in [0.15, 0.2) is 0 Å². The molecule has 1 rings (SSSR count). The number of carbonyl (C=O) groups is 1. The molecule has 0 aliphatic heterocycles. The first kappa shape index (κ1) is 12.9. The molecule has 10 nitrogen and oxygen atoms in total. The predicted molar refractivity (Wildman–Crippen MR) is 48.7 cm³/mol. The summed E-state index contributed by atoms with van der Waals surface area (Å²) in [5.74, 6) is -2.13. The Morgan fingerprint density at radius 3 is 1.76 bits per heavy atom. The number of carboxylic acid groups (broad SMARTS) is 1. The van der Waals surface area contributed by atoms with Crippen molar-refractivity contribution < 1.29 is 29.7 Å². The van der Waals surface area contributed by atoms with Crippen LogP contribution in [0.2, 0.25) is 0 Å². The highest BCUT2D eigenvalue weighted by atomic mass is 17.0. The van der Waals surface area contributed by atoms with Gasteiger partial charge in [-0.3, -0.25) is 4.79 Å². The smallest absolute Gasteiger partial charge is 0.306 e. The Morgan fingerprint density at radius 1 is 1.06 bits per heavy atom. The van der Waals surface area contributed by atoms with Gasteiger partial charge in [-0.1, -0.05) is 0 Å². The van der Waals surface area contributed by atoms with E-state index >= 15 is 0 Å². The molecule has 1 saturated carbocycles. The largest absolute Gasteiger partial charge is 0.481 e. The monoisotopic (exact) mass is 250 g/mol. The maximum atomic E-state index is 10.8. The molecule has 10 heteroatoms. The molecule has 1 aliphatic carbocycles. The van der Waals surface area contributed by atoms with Gasteiger partial charge < -0.3 is 14.8 Å². The van der Waals surface area contributed by atoms with Gasteiger partial charge in [0.25, 0.3) is 10.2 Å². The van der Waals surface area contributed by atoms with Crippen LogP contribution in [0.25, 0.3) is 0 Å². The zero-order valence-electron chi connectivity index (χ0n) is 8.55. The molecule has 0 amide bonds. The lowest BCUT2D eigenvalue weighted by atomic mass is 9.85. The molecule has 0 bridgehead atoms. The lowest BCUT2D eigenvalue weighted by Crippen LogP contribution is -2.38. The summed E-state index contributed by atoms with van der Waals surface area (Å²) in [5.41, 5.74) is 0. The predicted octanol–water partition coefficient (Wildman–Crippen LogP) is 0.0249. The maximum Gasteiger partial charge on any atom is 0.306 e. The first-order valence-corrected chi connectivity index (χ1v) is 4.73.